The molecule has 0 aromatic heterocycles. The maximum Gasteiger partial charge on any atom is 0.0470 e. The Balaban J connectivity index is 2.09. The van der Waals surface area contributed by atoms with E-state index in [1.807, 2.05) is 0 Å². The van der Waals surface area contributed by atoms with Crippen LogP contribution in [0.3, 0.4) is 0 Å². The van der Waals surface area contributed by atoms with Gasteiger partial charge in [-0.3, -0.25) is 4.90 Å². The lowest BCUT2D eigenvalue weighted by Crippen LogP contribution is -2.33. The van der Waals surface area contributed by atoms with Crippen LogP contribution in [0.4, 0.5) is 0 Å². The van der Waals surface area contributed by atoms with Crippen LogP contribution < -0.4 is 5.73 Å². The first-order chi connectivity index (χ1) is 8.91. The topological polar surface area (TPSA) is 29.3 Å². The first-order valence-electron chi connectivity index (χ1n) is 7.11. The highest BCUT2D eigenvalue weighted by molar-refractivity contribution is 9.10. The second-order valence-electron chi connectivity index (χ2n) is 6.65. The van der Waals surface area contributed by atoms with Gasteiger partial charge in [-0.1, -0.05) is 48.8 Å². The van der Waals surface area contributed by atoms with Crippen molar-refractivity contribution in [2.45, 2.75) is 33.2 Å². The van der Waals surface area contributed by atoms with E-state index in [0.29, 0.717) is 18.0 Å². The van der Waals surface area contributed by atoms with Gasteiger partial charge in [-0.25, -0.2) is 0 Å². The van der Waals surface area contributed by atoms with Crippen LogP contribution in [0.25, 0.3) is 0 Å². The molecule has 106 valence electrons. The van der Waals surface area contributed by atoms with Crippen LogP contribution in [0.2, 0.25) is 0 Å². The lowest BCUT2D eigenvalue weighted by atomic mass is 9.80. The van der Waals surface area contributed by atoms with E-state index in [0.717, 1.165) is 10.4 Å². The van der Waals surface area contributed by atoms with Gasteiger partial charge in [0, 0.05) is 23.6 Å². The maximum atomic E-state index is 6.02. The van der Waals surface area contributed by atoms with Gasteiger partial charge in [-0.05, 0) is 42.0 Å². The normalized spacial score (nSPS) is 22.7. The molecule has 1 aliphatic rings. The van der Waals surface area contributed by atoms with Crippen molar-refractivity contribution in [3.05, 3.63) is 34.3 Å². The largest absolute Gasteiger partial charge is 0.329 e. The standard InChI is InChI=1S/C16H25BrN2/c1-16(2,3)13-8-9-19(11-13)15(10-18)12-4-6-14(17)7-5-12/h4-7,13,15H,8-11,18H2,1-3H3. The van der Waals surface area contributed by atoms with Crippen LogP contribution >= 0.6 is 15.9 Å². The summed E-state index contributed by atoms with van der Waals surface area (Å²) < 4.78 is 1.13. The molecule has 0 spiro atoms. The fraction of sp³-hybridized carbons (Fsp3) is 0.625. The SMILES string of the molecule is CC(C)(C)C1CCN(C(CN)c2ccc(Br)cc2)C1. The number of halogens is 1. The van der Waals surface area contributed by atoms with Crippen molar-refractivity contribution in [2.24, 2.45) is 17.1 Å². The molecule has 0 aliphatic carbocycles. The summed E-state index contributed by atoms with van der Waals surface area (Å²) in [6, 6.07) is 8.95. The molecule has 2 N–H and O–H groups in total. The van der Waals surface area contributed by atoms with Crippen molar-refractivity contribution in [2.75, 3.05) is 19.6 Å². The molecule has 2 nitrogen and oxygen atoms in total. The Morgan fingerprint density at radius 2 is 1.95 bits per heavy atom. The molecule has 1 fully saturated rings. The van der Waals surface area contributed by atoms with Crippen molar-refractivity contribution in [3.63, 3.8) is 0 Å². The van der Waals surface area contributed by atoms with Crippen LogP contribution in [-0.2, 0) is 0 Å². The minimum Gasteiger partial charge on any atom is -0.329 e. The molecule has 2 atom stereocenters. The number of rotatable bonds is 3. The highest BCUT2D eigenvalue weighted by Crippen LogP contribution is 2.36. The van der Waals surface area contributed by atoms with E-state index < -0.39 is 0 Å². The quantitative estimate of drug-likeness (QED) is 0.915. The van der Waals surface area contributed by atoms with Crippen molar-refractivity contribution < 1.29 is 0 Å². The summed E-state index contributed by atoms with van der Waals surface area (Å²) in [5.41, 5.74) is 7.75. The summed E-state index contributed by atoms with van der Waals surface area (Å²) in [6.07, 6.45) is 1.29. The molecule has 1 saturated heterocycles. The van der Waals surface area contributed by atoms with E-state index in [4.69, 9.17) is 5.73 Å². The average molecular weight is 325 g/mol. The second-order valence-corrected chi connectivity index (χ2v) is 7.57. The Labute approximate surface area is 125 Å². The smallest absolute Gasteiger partial charge is 0.0470 e. The van der Waals surface area contributed by atoms with Gasteiger partial charge < -0.3 is 5.73 Å². The van der Waals surface area contributed by atoms with Crippen molar-refractivity contribution in [1.82, 2.24) is 4.90 Å². The minimum atomic E-state index is 0.362. The third-order valence-electron chi connectivity index (χ3n) is 4.36. The second kappa shape index (κ2) is 5.94. The number of nitrogens with two attached hydrogens (primary N) is 1. The van der Waals surface area contributed by atoms with E-state index in [-0.39, 0.29) is 0 Å². The van der Waals surface area contributed by atoms with Crippen LogP contribution in [-0.4, -0.2) is 24.5 Å². The summed E-state index contributed by atoms with van der Waals surface area (Å²) in [6.45, 7) is 10.1. The van der Waals surface area contributed by atoms with E-state index in [1.165, 1.54) is 25.1 Å². The van der Waals surface area contributed by atoms with Crippen molar-refractivity contribution >= 4 is 15.9 Å². The van der Waals surface area contributed by atoms with Crippen LogP contribution in [0.1, 0.15) is 38.8 Å². The van der Waals surface area contributed by atoms with E-state index in [1.54, 1.807) is 0 Å². The zero-order valence-electron chi connectivity index (χ0n) is 12.2. The van der Waals surface area contributed by atoms with E-state index in [2.05, 4.69) is 65.9 Å². The molecule has 1 aromatic rings. The Hall–Kier alpha value is -0.380. The molecule has 3 heteroatoms. The molecule has 2 unspecified atom stereocenters. The first kappa shape index (κ1) is 15.0. The summed E-state index contributed by atoms with van der Waals surface area (Å²) in [5, 5.41) is 0. The van der Waals surface area contributed by atoms with Gasteiger partial charge in [-0.15, -0.1) is 0 Å². The fourth-order valence-electron chi connectivity index (χ4n) is 2.96. The molecular weight excluding hydrogens is 300 g/mol. The lowest BCUT2D eigenvalue weighted by molar-refractivity contribution is 0.197. The predicted octanol–water partition coefficient (Wildman–Crippen LogP) is 3.82. The van der Waals surface area contributed by atoms with Crippen molar-refractivity contribution in [3.8, 4) is 0 Å². The fourth-order valence-corrected chi connectivity index (χ4v) is 3.22. The lowest BCUT2D eigenvalue weighted by Gasteiger charge is -2.30. The van der Waals surface area contributed by atoms with Gasteiger partial charge in [0.05, 0.1) is 0 Å². The Morgan fingerprint density at radius 3 is 2.42 bits per heavy atom. The number of benzene rings is 1. The molecule has 0 bridgehead atoms. The van der Waals surface area contributed by atoms with Crippen LogP contribution in [0.15, 0.2) is 28.7 Å². The third kappa shape index (κ3) is 3.59. The predicted molar refractivity (Wildman–Crippen MR) is 85.1 cm³/mol. The maximum absolute atomic E-state index is 6.02. The van der Waals surface area contributed by atoms with Gasteiger partial charge in [-0.2, -0.15) is 0 Å². The van der Waals surface area contributed by atoms with Crippen molar-refractivity contribution in [1.29, 1.82) is 0 Å². The minimum absolute atomic E-state index is 0.362. The molecule has 0 radical (unpaired) electrons. The summed E-state index contributed by atoms with van der Waals surface area (Å²) >= 11 is 3.49. The molecule has 0 saturated carbocycles. The van der Waals surface area contributed by atoms with Gasteiger partial charge >= 0.3 is 0 Å². The number of nitrogens with zero attached hydrogens (tertiary/aromatic N) is 1. The Bertz CT molecular complexity index is 408. The van der Waals surface area contributed by atoms with Gasteiger partial charge in [0.15, 0.2) is 0 Å². The highest BCUT2D eigenvalue weighted by atomic mass is 79.9. The Kier molecular flexibility index (Phi) is 4.70. The van der Waals surface area contributed by atoms with E-state index >= 15 is 0 Å². The molecule has 2 rings (SSSR count). The average Bonchev–Trinajstić information content (AvgIpc) is 2.82. The summed E-state index contributed by atoms with van der Waals surface area (Å²) in [5.74, 6) is 0.775. The first-order valence-corrected chi connectivity index (χ1v) is 7.90. The zero-order valence-corrected chi connectivity index (χ0v) is 13.8. The number of hydrogen-bond acceptors (Lipinski definition) is 2. The van der Waals surface area contributed by atoms with E-state index in [9.17, 15) is 0 Å². The Morgan fingerprint density at radius 1 is 1.32 bits per heavy atom. The zero-order chi connectivity index (χ0) is 14.0. The van der Waals surface area contributed by atoms with Gasteiger partial charge in [0.1, 0.15) is 0 Å². The molecule has 19 heavy (non-hydrogen) atoms. The van der Waals surface area contributed by atoms with Gasteiger partial charge in [0.25, 0.3) is 0 Å². The molecule has 0 amide bonds. The monoisotopic (exact) mass is 324 g/mol. The highest BCUT2D eigenvalue weighted by Gasteiger charge is 2.34. The third-order valence-corrected chi connectivity index (χ3v) is 4.89. The van der Waals surface area contributed by atoms with Crippen LogP contribution in [0, 0.1) is 11.3 Å². The molecule has 1 aromatic carbocycles. The van der Waals surface area contributed by atoms with Gasteiger partial charge in [0.2, 0.25) is 0 Å². The molecule has 1 aliphatic heterocycles. The molecular formula is C16H25BrN2. The summed E-state index contributed by atoms with van der Waals surface area (Å²) in [4.78, 5) is 2.55. The number of hydrogen-bond donors (Lipinski definition) is 1. The number of likely N-dealkylation sites (tertiary alicyclic amines) is 1. The molecule has 1 heterocycles. The van der Waals surface area contributed by atoms with Crippen LogP contribution in [0.5, 0.6) is 0 Å². The summed E-state index contributed by atoms with van der Waals surface area (Å²) in [7, 11) is 0.